The molecule has 0 bridgehead atoms. The molecule has 0 aliphatic rings. The van der Waals surface area contributed by atoms with Crippen LogP contribution < -0.4 is 0 Å². The van der Waals surface area contributed by atoms with Gasteiger partial charge in [-0.1, -0.05) is 38.9 Å². The van der Waals surface area contributed by atoms with Crippen molar-refractivity contribution >= 4 is 28.6 Å². The fourth-order valence-electron chi connectivity index (χ4n) is 1.61. The van der Waals surface area contributed by atoms with E-state index in [1.807, 2.05) is 0 Å². The third-order valence-electron chi connectivity index (χ3n) is 4.08. The number of rotatable bonds is 5. The second-order valence-corrected chi connectivity index (χ2v) is 17.7. The van der Waals surface area contributed by atoms with Crippen LogP contribution in [0.5, 0.6) is 0 Å². The van der Waals surface area contributed by atoms with Crippen LogP contribution in [-0.2, 0) is 18.7 Å². The Morgan fingerprint density at radius 1 is 1.00 bits per heavy atom. The fraction of sp³-hybridized carbons (Fsp3) is 0.500. The van der Waals surface area contributed by atoms with Gasteiger partial charge in [0.2, 0.25) is 7.22 Å². The lowest BCUT2D eigenvalue weighted by Gasteiger charge is -2.35. The number of hydrogen-bond acceptors (Lipinski definition) is 6. The van der Waals surface area contributed by atoms with Crippen molar-refractivity contribution in [3.63, 3.8) is 0 Å². The van der Waals surface area contributed by atoms with Gasteiger partial charge in [-0.15, -0.1) is 4.33 Å². The molecule has 0 spiro atoms. The molecule has 0 aromatic heterocycles. The maximum Gasteiger partial charge on any atom is 0.201 e. The van der Waals surface area contributed by atoms with Crippen molar-refractivity contribution in [3.8, 4) is 0 Å². The van der Waals surface area contributed by atoms with Crippen LogP contribution in [0.25, 0.3) is 0 Å². The fourth-order valence-corrected chi connectivity index (χ4v) is 8.49. The summed E-state index contributed by atoms with van der Waals surface area (Å²) in [4.78, 5) is -2.97. The van der Waals surface area contributed by atoms with Crippen LogP contribution in [-0.4, -0.2) is 20.9 Å². The number of hydrogen-bond donors (Lipinski definition) is 1. The first kappa shape index (κ1) is 21.4. The molecule has 5 nitrogen and oxygen atoms in total. The van der Waals surface area contributed by atoms with E-state index >= 15 is 0 Å². The van der Waals surface area contributed by atoms with Gasteiger partial charge in [0.15, 0.2) is 32.6 Å². The zero-order valence-corrected chi connectivity index (χ0v) is 16.0. The highest BCUT2D eigenvalue weighted by molar-refractivity contribution is 8.22. The summed E-state index contributed by atoms with van der Waals surface area (Å²) in [5, 5.41) is 10.2. The van der Waals surface area contributed by atoms with E-state index in [0.29, 0.717) is 0 Å². The Morgan fingerprint density at radius 2 is 1.42 bits per heavy atom. The summed E-state index contributed by atoms with van der Waals surface area (Å²) < 4.78 is 85.6. The summed E-state index contributed by atoms with van der Waals surface area (Å²) in [5.74, 6) is -8.04. The van der Waals surface area contributed by atoms with E-state index in [2.05, 4.69) is 9.37 Å². The molecule has 0 saturated heterocycles. The summed E-state index contributed by atoms with van der Waals surface area (Å²) in [7, 11) is -8.13. The van der Waals surface area contributed by atoms with Gasteiger partial charge < -0.3 is 0 Å². The lowest BCUT2D eigenvalue weighted by molar-refractivity contribution is -0.432. The van der Waals surface area contributed by atoms with Crippen molar-refractivity contribution in [2.45, 2.75) is 48.7 Å². The highest BCUT2D eigenvalue weighted by Gasteiger charge is 2.51. The highest BCUT2D eigenvalue weighted by Crippen LogP contribution is 2.44. The van der Waals surface area contributed by atoms with Crippen molar-refractivity contribution in [2.75, 3.05) is 0 Å². The molecule has 1 N–H and O–H groups in total. The zero-order chi connectivity index (χ0) is 19.1. The van der Waals surface area contributed by atoms with Gasteiger partial charge >= 0.3 is 0 Å². The van der Waals surface area contributed by atoms with E-state index in [1.54, 1.807) is 20.8 Å². The maximum atomic E-state index is 14.2. The lowest BCUT2D eigenvalue weighted by Crippen LogP contribution is -2.46. The van der Waals surface area contributed by atoms with E-state index in [4.69, 9.17) is 5.26 Å². The molecule has 1 aromatic carbocycles. The molecule has 0 radical (unpaired) electrons. The summed E-state index contributed by atoms with van der Waals surface area (Å²) in [6, 6.07) is 0. The Kier molecular flexibility index (Phi) is 6.16. The topological polar surface area (TPSA) is 72.8 Å². The predicted molar refractivity (Wildman–Crippen MR) is 81.3 cm³/mol. The van der Waals surface area contributed by atoms with Gasteiger partial charge in [0, 0.05) is 0 Å². The molecule has 12 heteroatoms. The number of halogens is 4. The molecular weight excluding hydrogens is 392 g/mol. The van der Waals surface area contributed by atoms with E-state index in [9.17, 15) is 26.0 Å². The molecule has 1 aromatic rings. The maximum absolute atomic E-state index is 14.2. The Labute approximate surface area is 141 Å². The van der Waals surface area contributed by atoms with Crippen molar-refractivity contribution < 1.29 is 40.6 Å². The smallest absolute Gasteiger partial charge is 0.201 e. The minimum absolute atomic E-state index is 0.351. The third-order valence-corrected chi connectivity index (χ3v) is 17.1. The molecular formula is C12H16F4O5S2Si. The minimum Gasteiger partial charge on any atom is -0.231 e. The van der Waals surface area contributed by atoms with Gasteiger partial charge in [-0.2, -0.15) is 0 Å². The predicted octanol–water partition coefficient (Wildman–Crippen LogP) is 4.45. The van der Waals surface area contributed by atoms with Crippen LogP contribution in [0, 0.1) is 23.3 Å². The molecule has 1 rings (SSSR count). The normalized spacial score (nSPS) is 13.4. The van der Waals surface area contributed by atoms with Gasteiger partial charge in [0.1, 0.15) is 9.79 Å². The summed E-state index contributed by atoms with van der Waals surface area (Å²) in [6.45, 7) is 7.37. The van der Waals surface area contributed by atoms with Crippen molar-refractivity contribution in [1.82, 2.24) is 0 Å². The van der Waals surface area contributed by atoms with Gasteiger partial charge in [-0.3, -0.25) is 0 Å². The molecule has 0 heterocycles. The van der Waals surface area contributed by atoms with Gasteiger partial charge in [-0.25, -0.2) is 31.2 Å². The molecule has 0 aliphatic heterocycles. The number of benzene rings is 1. The highest BCUT2D eigenvalue weighted by atomic mass is 32.4. The molecule has 24 heavy (non-hydrogen) atoms. The lowest BCUT2D eigenvalue weighted by atomic mass is 10.2. The van der Waals surface area contributed by atoms with E-state index in [-0.39, 0.29) is 12.0 Å². The van der Waals surface area contributed by atoms with Gasteiger partial charge in [0.25, 0.3) is 0 Å². The molecule has 0 fully saturated rings. The van der Waals surface area contributed by atoms with Gasteiger partial charge in [-0.05, 0) is 5.04 Å². The van der Waals surface area contributed by atoms with Gasteiger partial charge in [0.05, 0.1) is 12.0 Å². The van der Waals surface area contributed by atoms with Crippen LogP contribution in [0.4, 0.5) is 17.6 Å². The van der Waals surface area contributed by atoms with Crippen molar-refractivity contribution in [3.05, 3.63) is 23.3 Å². The Morgan fingerprint density at radius 3 is 1.75 bits per heavy atom. The van der Waals surface area contributed by atoms with E-state index < -0.39 is 54.6 Å². The van der Waals surface area contributed by atoms with Crippen molar-refractivity contribution in [2.24, 2.45) is 0 Å². The molecule has 0 atom stereocenters. The van der Waals surface area contributed by atoms with Crippen LogP contribution in [0.2, 0.25) is 18.1 Å². The standard InChI is InChI=1S/C12H16F4O5S2Si/c1-12(2,3)24(4,5)23(18,19)11-8(15)6(13)10(22-21-20-17)7(14)9(11)16/h17H,1-5H3. The van der Waals surface area contributed by atoms with E-state index in [0.717, 1.165) is 0 Å². The molecule has 138 valence electrons. The average Bonchev–Trinajstić information content (AvgIpc) is 2.44. The Bertz CT molecular complexity index is 718. The van der Waals surface area contributed by atoms with E-state index in [1.165, 1.54) is 13.1 Å². The van der Waals surface area contributed by atoms with Crippen molar-refractivity contribution in [1.29, 1.82) is 0 Å². The monoisotopic (exact) mass is 408 g/mol. The van der Waals surface area contributed by atoms with Crippen LogP contribution in [0.3, 0.4) is 0 Å². The Balaban J connectivity index is 3.75. The SMILES string of the molecule is CC(C)(C)[Si](C)(C)S(=O)(=O)c1c(F)c(F)c(SOOO)c(F)c1F. The minimum atomic E-state index is -4.66. The molecule has 0 saturated carbocycles. The quantitative estimate of drug-likeness (QED) is 0.194. The first-order valence-corrected chi connectivity index (χ1v) is 12.4. The molecule has 0 unspecified atom stereocenters. The van der Waals surface area contributed by atoms with Crippen LogP contribution >= 0.6 is 12.0 Å². The molecule has 0 aliphatic carbocycles. The largest absolute Gasteiger partial charge is 0.231 e. The zero-order valence-electron chi connectivity index (χ0n) is 13.4. The molecule has 0 amide bonds. The average molecular weight is 408 g/mol. The summed E-state index contributed by atoms with van der Waals surface area (Å²) in [6.07, 6.45) is 0. The second kappa shape index (κ2) is 6.92. The first-order chi connectivity index (χ1) is 10.7. The van der Waals surface area contributed by atoms with Crippen LogP contribution in [0.15, 0.2) is 9.79 Å². The second-order valence-electron chi connectivity index (χ2n) is 6.40. The first-order valence-electron chi connectivity index (χ1n) is 6.47. The van der Waals surface area contributed by atoms with Crippen LogP contribution in [0.1, 0.15) is 20.8 Å². The summed E-state index contributed by atoms with van der Waals surface area (Å²) in [5.41, 5.74) is 0. The Hall–Kier alpha value is -0.663. The third kappa shape index (κ3) is 3.35. The summed E-state index contributed by atoms with van der Waals surface area (Å²) >= 11 is -0.351.